The molecule has 2 aromatic carbocycles. The molecular weight excluding hydrogens is 380 g/mol. The highest BCUT2D eigenvalue weighted by Crippen LogP contribution is 2.24. The van der Waals surface area contributed by atoms with Crippen LogP contribution in [0.15, 0.2) is 66.0 Å². The molecule has 0 spiro atoms. The molecule has 0 aliphatic carbocycles. The van der Waals surface area contributed by atoms with Crippen LogP contribution in [-0.2, 0) is 10.0 Å². The van der Waals surface area contributed by atoms with Crippen molar-refractivity contribution in [2.75, 3.05) is 4.72 Å². The third-order valence-electron chi connectivity index (χ3n) is 4.33. The number of nitrogens with zero attached hydrogens (tertiary/aromatic N) is 2. The Hall–Kier alpha value is -3.59. The maximum Gasteiger partial charge on any atom is 0.337 e. The predicted octanol–water partition coefficient (Wildman–Crippen LogP) is 3.16. The van der Waals surface area contributed by atoms with E-state index < -0.39 is 16.0 Å². The maximum absolute atomic E-state index is 12.7. The van der Waals surface area contributed by atoms with E-state index in [2.05, 4.69) is 14.8 Å². The van der Waals surface area contributed by atoms with Crippen LogP contribution in [-0.4, -0.2) is 34.3 Å². The van der Waals surface area contributed by atoms with Crippen LogP contribution in [0, 0.1) is 6.92 Å². The fourth-order valence-electron chi connectivity index (χ4n) is 2.86. The minimum atomic E-state index is -3.85. The number of carboxylic acid groups (broad SMARTS) is 1. The summed E-state index contributed by atoms with van der Waals surface area (Å²) in [6, 6.07) is 12.2. The van der Waals surface area contributed by atoms with E-state index in [9.17, 15) is 13.2 Å². The molecule has 3 N–H and O–H groups in total. The van der Waals surface area contributed by atoms with Gasteiger partial charge in [0.2, 0.25) is 0 Å². The highest BCUT2D eigenvalue weighted by molar-refractivity contribution is 7.92. The number of carbonyl (C=O) groups is 1. The molecule has 142 valence electrons. The topological polar surface area (TPSA) is 117 Å². The van der Waals surface area contributed by atoms with Gasteiger partial charge < -0.3 is 10.1 Å². The molecule has 2 aromatic heterocycles. The van der Waals surface area contributed by atoms with Crippen molar-refractivity contribution in [3.05, 3.63) is 72.2 Å². The van der Waals surface area contributed by atoms with E-state index in [4.69, 9.17) is 5.11 Å². The number of rotatable bonds is 5. The number of nitrogens with one attached hydrogen (secondary N) is 2. The molecule has 0 fully saturated rings. The number of carboxylic acids is 1. The first-order chi connectivity index (χ1) is 13.3. The molecule has 0 aliphatic rings. The summed E-state index contributed by atoms with van der Waals surface area (Å²) in [7, 11) is -3.85. The van der Waals surface area contributed by atoms with Gasteiger partial charge >= 0.3 is 5.97 Å². The number of aromatic amines is 1. The van der Waals surface area contributed by atoms with Crippen LogP contribution in [0.2, 0.25) is 0 Å². The number of fused-ring (bicyclic) bond motifs is 1. The van der Waals surface area contributed by atoms with Crippen LogP contribution in [0.3, 0.4) is 0 Å². The Morgan fingerprint density at radius 3 is 2.64 bits per heavy atom. The van der Waals surface area contributed by atoms with Crippen molar-refractivity contribution in [3.63, 3.8) is 0 Å². The standard InChI is InChI=1S/C19H16N4O4S/c1-12-2-5-14(6-3-12)23-11-15(9-21-23)28(26,27)22-13-4-7-16-17(19(24)25)10-20-18(16)8-13/h2-11,20,22H,1H3,(H,24,25). The first kappa shape index (κ1) is 17.8. The molecule has 9 heteroatoms. The van der Waals surface area contributed by atoms with Crippen molar-refractivity contribution < 1.29 is 18.3 Å². The summed E-state index contributed by atoms with van der Waals surface area (Å²) in [5.74, 6) is -1.05. The number of sulfonamides is 1. The third kappa shape index (κ3) is 3.23. The molecule has 2 heterocycles. The van der Waals surface area contributed by atoms with Crippen LogP contribution in [0.4, 0.5) is 5.69 Å². The van der Waals surface area contributed by atoms with Gasteiger partial charge in [-0.15, -0.1) is 0 Å². The molecule has 0 saturated heterocycles. The van der Waals surface area contributed by atoms with Crippen molar-refractivity contribution in [2.24, 2.45) is 0 Å². The second-order valence-electron chi connectivity index (χ2n) is 6.33. The minimum Gasteiger partial charge on any atom is -0.478 e. The van der Waals surface area contributed by atoms with Crippen LogP contribution in [0.25, 0.3) is 16.6 Å². The van der Waals surface area contributed by atoms with Crippen molar-refractivity contribution in [3.8, 4) is 5.69 Å². The number of aromatic carboxylic acids is 1. The Morgan fingerprint density at radius 2 is 1.93 bits per heavy atom. The summed E-state index contributed by atoms with van der Waals surface area (Å²) < 4.78 is 29.3. The zero-order valence-electron chi connectivity index (χ0n) is 14.7. The molecule has 0 bridgehead atoms. The van der Waals surface area contributed by atoms with Crippen LogP contribution in [0.5, 0.6) is 0 Å². The Kier molecular flexibility index (Phi) is 4.16. The van der Waals surface area contributed by atoms with Gasteiger partial charge in [0.25, 0.3) is 10.0 Å². The van der Waals surface area contributed by atoms with Gasteiger partial charge in [0.05, 0.1) is 29.3 Å². The Bertz CT molecular complexity index is 1290. The second-order valence-corrected chi connectivity index (χ2v) is 8.01. The number of H-pyrrole nitrogens is 1. The number of hydrogen-bond acceptors (Lipinski definition) is 4. The molecular formula is C19H16N4O4S. The van der Waals surface area contributed by atoms with Gasteiger partial charge in [-0.05, 0) is 37.3 Å². The van der Waals surface area contributed by atoms with Crippen molar-refractivity contribution in [2.45, 2.75) is 11.8 Å². The summed E-state index contributed by atoms with van der Waals surface area (Å²) in [6.07, 6.45) is 4.08. The number of hydrogen-bond donors (Lipinski definition) is 3. The Labute approximate surface area is 160 Å². The van der Waals surface area contributed by atoms with Gasteiger partial charge in [0, 0.05) is 17.1 Å². The first-order valence-electron chi connectivity index (χ1n) is 8.32. The fraction of sp³-hybridized carbons (Fsp3) is 0.0526. The Balaban J connectivity index is 1.61. The molecule has 0 radical (unpaired) electrons. The van der Waals surface area contributed by atoms with Crippen molar-refractivity contribution in [1.82, 2.24) is 14.8 Å². The number of anilines is 1. The average Bonchev–Trinajstić information content (AvgIpc) is 3.29. The van der Waals surface area contributed by atoms with Gasteiger partial charge in [-0.3, -0.25) is 4.72 Å². The molecule has 0 unspecified atom stereocenters. The largest absolute Gasteiger partial charge is 0.478 e. The zero-order valence-corrected chi connectivity index (χ0v) is 15.6. The molecule has 0 atom stereocenters. The average molecular weight is 396 g/mol. The monoisotopic (exact) mass is 396 g/mol. The van der Waals surface area contributed by atoms with E-state index >= 15 is 0 Å². The maximum atomic E-state index is 12.7. The highest BCUT2D eigenvalue weighted by atomic mass is 32.2. The number of aromatic nitrogens is 3. The second kappa shape index (κ2) is 6.54. The Morgan fingerprint density at radius 1 is 1.18 bits per heavy atom. The molecule has 0 aliphatic heterocycles. The van der Waals surface area contributed by atoms with Crippen LogP contribution < -0.4 is 4.72 Å². The summed E-state index contributed by atoms with van der Waals surface area (Å²) in [4.78, 5) is 14.0. The quantitative estimate of drug-likeness (QED) is 0.479. The van der Waals surface area contributed by atoms with Gasteiger partial charge in [0.15, 0.2) is 0 Å². The molecule has 8 nitrogen and oxygen atoms in total. The summed E-state index contributed by atoms with van der Waals surface area (Å²) >= 11 is 0. The normalized spacial score (nSPS) is 11.6. The van der Waals surface area contributed by atoms with E-state index in [0.717, 1.165) is 11.3 Å². The van der Waals surface area contributed by atoms with Crippen LogP contribution in [0.1, 0.15) is 15.9 Å². The predicted molar refractivity (Wildman–Crippen MR) is 104 cm³/mol. The van der Waals surface area contributed by atoms with E-state index in [1.54, 1.807) is 12.1 Å². The molecule has 0 amide bonds. The summed E-state index contributed by atoms with van der Waals surface area (Å²) in [6.45, 7) is 1.97. The van der Waals surface area contributed by atoms with Crippen LogP contribution >= 0.6 is 0 Å². The van der Waals surface area contributed by atoms with Gasteiger partial charge in [0.1, 0.15) is 4.90 Å². The lowest BCUT2D eigenvalue weighted by molar-refractivity contribution is 0.0699. The van der Waals surface area contributed by atoms with Gasteiger partial charge in [-0.2, -0.15) is 5.10 Å². The molecule has 28 heavy (non-hydrogen) atoms. The molecule has 4 rings (SSSR count). The zero-order chi connectivity index (χ0) is 19.9. The number of benzene rings is 2. The summed E-state index contributed by atoms with van der Waals surface area (Å²) in [5, 5.41) is 13.8. The first-order valence-corrected chi connectivity index (χ1v) is 9.81. The lowest BCUT2D eigenvalue weighted by Crippen LogP contribution is -2.12. The van der Waals surface area contributed by atoms with E-state index in [1.807, 2.05) is 31.2 Å². The SMILES string of the molecule is Cc1ccc(-n2cc(S(=O)(=O)Nc3ccc4c(C(=O)O)c[nH]c4c3)cn2)cc1. The lowest BCUT2D eigenvalue weighted by Gasteiger charge is -2.06. The van der Waals surface area contributed by atoms with Gasteiger partial charge in [-0.1, -0.05) is 17.7 Å². The van der Waals surface area contributed by atoms with E-state index in [1.165, 1.54) is 29.3 Å². The van der Waals surface area contributed by atoms with E-state index in [0.29, 0.717) is 16.6 Å². The third-order valence-corrected chi connectivity index (χ3v) is 5.67. The lowest BCUT2D eigenvalue weighted by atomic mass is 10.1. The van der Waals surface area contributed by atoms with Gasteiger partial charge in [-0.25, -0.2) is 17.9 Å². The number of aryl methyl sites for hydroxylation is 1. The minimum absolute atomic E-state index is 0.0193. The smallest absolute Gasteiger partial charge is 0.337 e. The summed E-state index contributed by atoms with van der Waals surface area (Å²) in [5.41, 5.74) is 2.81. The fourth-order valence-corrected chi connectivity index (χ4v) is 3.84. The van der Waals surface area contributed by atoms with Crippen molar-refractivity contribution >= 4 is 32.6 Å². The molecule has 4 aromatic rings. The van der Waals surface area contributed by atoms with Crippen molar-refractivity contribution in [1.29, 1.82) is 0 Å². The molecule has 0 saturated carbocycles. The van der Waals surface area contributed by atoms with E-state index in [-0.39, 0.29) is 10.5 Å². The highest BCUT2D eigenvalue weighted by Gasteiger charge is 2.18.